The number of aliphatic hydroxyl groups is 2. The molecule has 2 heterocycles. The third-order valence-corrected chi connectivity index (χ3v) is 4.56. The van der Waals surface area contributed by atoms with Gasteiger partial charge in [-0.15, -0.1) is 11.8 Å². The Balaban J connectivity index is 2.22. The molecule has 1 aromatic rings. The molecular weight excluding hydrogens is 242 g/mol. The highest BCUT2D eigenvalue weighted by Crippen LogP contribution is 2.44. The standard InChI is InChI=1S/C10H15N3O3S/c11-8-1-2-13(10(16)12-8)9-3-6(4-14)7(5-15)17-9/h1-2,6-7,9,14-15H,3-5H2,(H2,11,12,16)/t6-,7-,9-/m1/s1. The summed E-state index contributed by atoms with van der Waals surface area (Å²) in [6.07, 6.45) is 2.26. The lowest BCUT2D eigenvalue weighted by Gasteiger charge is -2.12. The average molecular weight is 257 g/mol. The second-order valence-corrected chi connectivity index (χ2v) is 5.45. The van der Waals surface area contributed by atoms with E-state index in [1.54, 1.807) is 12.3 Å². The first kappa shape index (κ1) is 12.4. The fourth-order valence-corrected chi connectivity index (χ4v) is 3.55. The number of rotatable bonds is 3. The summed E-state index contributed by atoms with van der Waals surface area (Å²) in [5.74, 6) is 0.214. The second kappa shape index (κ2) is 5.07. The SMILES string of the molecule is Nc1ccn([C@H]2C[C@H](CO)[C@@H](CO)S2)c(=O)n1. The van der Waals surface area contributed by atoms with Crippen molar-refractivity contribution in [3.8, 4) is 0 Å². The Labute approximate surface area is 102 Å². The molecule has 17 heavy (non-hydrogen) atoms. The molecule has 1 fully saturated rings. The molecule has 1 aliphatic heterocycles. The number of hydrogen-bond acceptors (Lipinski definition) is 6. The van der Waals surface area contributed by atoms with Crippen LogP contribution in [0.15, 0.2) is 17.1 Å². The van der Waals surface area contributed by atoms with Gasteiger partial charge in [-0.3, -0.25) is 4.57 Å². The molecule has 0 unspecified atom stereocenters. The fourth-order valence-electron chi connectivity index (χ4n) is 1.99. The van der Waals surface area contributed by atoms with Crippen LogP contribution in [0, 0.1) is 5.92 Å². The Morgan fingerprint density at radius 1 is 1.53 bits per heavy atom. The molecule has 0 aliphatic carbocycles. The van der Waals surface area contributed by atoms with Gasteiger partial charge < -0.3 is 15.9 Å². The summed E-state index contributed by atoms with van der Waals surface area (Å²) in [4.78, 5) is 15.3. The van der Waals surface area contributed by atoms with Gasteiger partial charge in [-0.25, -0.2) is 4.79 Å². The Bertz CT molecular complexity index is 439. The molecule has 0 saturated carbocycles. The Morgan fingerprint density at radius 2 is 2.29 bits per heavy atom. The summed E-state index contributed by atoms with van der Waals surface area (Å²) < 4.78 is 1.50. The normalized spacial score (nSPS) is 28.5. The minimum Gasteiger partial charge on any atom is -0.396 e. The van der Waals surface area contributed by atoms with E-state index in [0.717, 1.165) is 0 Å². The number of nitrogen functional groups attached to an aromatic ring is 1. The van der Waals surface area contributed by atoms with E-state index in [-0.39, 0.29) is 35.6 Å². The quantitative estimate of drug-likeness (QED) is 0.670. The zero-order chi connectivity index (χ0) is 12.4. The van der Waals surface area contributed by atoms with E-state index in [1.165, 1.54) is 16.3 Å². The lowest BCUT2D eigenvalue weighted by molar-refractivity contribution is 0.188. The second-order valence-electron chi connectivity index (χ2n) is 4.03. The maximum atomic E-state index is 11.7. The zero-order valence-corrected chi connectivity index (χ0v) is 10.0. The smallest absolute Gasteiger partial charge is 0.350 e. The lowest BCUT2D eigenvalue weighted by Crippen LogP contribution is -2.25. The Kier molecular flexibility index (Phi) is 3.70. The summed E-state index contributed by atoms with van der Waals surface area (Å²) in [5.41, 5.74) is 5.03. The molecule has 3 atom stereocenters. The number of aromatic nitrogens is 2. The van der Waals surface area contributed by atoms with Crippen molar-refractivity contribution >= 4 is 17.6 Å². The highest BCUT2D eigenvalue weighted by atomic mass is 32.2. The third kappa shape index (κ3) is 2.46. The van der Waals surface area contributed by atoms with Crippen LogP contribution in [0.1, 0.15) is 11.8 Å². The van der Waals surface area contributed by atoms with Gasteiger partial charge in [0.05, 0.1) is 12.0 Å². The van der Waals surface area contributed by atoms with Crippen LogP contribution >= 0.6 is 11.8 Å². The van der Waals surface area contributed by atoms with Crippen molar-refractivity contribution in [3.63, 3.8) is 0 Å². The summed E-state index contributed by atoms with van der Waals surface area (Å²) in [6.45, 7) is 0.0232. The van der Waals surface area contributed by atoms with E-state index in [2.05, 4.69) is 4.98 Å². The molecule has 0 amide bonds. The first-order chi connectivity index (χ1) is 8.15. The molecular formula is C10H15N3O3S. The molecule has 1 saturated heterocycles. The van der Waals surface area contributed by atoms with Gasteiger partial charge in [0, 0.05) is 18.1 Å². The number of anilines is 1. The summed E-state index contributed by atoms with van der Waals surface area (Å²) in [7, 11) is 0. The summed E-state index contributed by atoms with van der Waals surface area (Å²) >= 11 is 1.49. The van der Waals surface area contributed by atoms with Crippen LogP contribution in [-0.2, 0) is 0 Å². The highest BCUT2D eigenvalue weighted by molar-refractivity contribution is 8.00. The van der Waals surface area contributed by atoms with E-state index in [4.69, 9.17) is 5.73 Å². The van der Waals surface area contributed by atoms with Crippen LogP contribution in [0.2, 0.25) is 0 Å². The monoisotopic (exact) mass is 257 g/mol. The van der Waals surface area contributed by atoms with Gasteiger partial charge in [-0.05, 0) is 18.4 Å². The first-order valence-corrected chi connectivity index (χ1v) is 6.32. The van der Waals surface area contributed by atoms with E-state index in [0.29, 0.717) is 6.42 Å². The highest BCUT2D eigenvalue weighted by Gasteiger charge is 2.35. The van der Waals surface area contributed by atoms with Crippen molar-refractivity contribution in [2.75, 3.05) is 18.9 Å². The minimum absolute atomic E-state index is 0.00352. The molecule has 0 bridgehead atoms. The fraction of sp³-hybridized carbons (Fsp3) is 0.600. The van der Waals surface area contributed by atoms with Crippen molar-refractivity contribution < 1.29 is 10.2 Å². The van der Waals surface area contributed by atoms with E-state index < -0.39 is 5.69 Å². The minimum atomic E-state index is -0.391. The third-order valence-electron chi connectivity index (χ3n) is 2.94. The molecule has 0 aromatic carbocycles. The number of aliphatic hydroxyl groups excluding tert-OH is 2. The van der Waals surface area contributed by atoms with Gasteiger partial charge in [-0.2, -0.15) is 4.98 Å². The number of hydrogen-bond donors (Lipinski definition) is 3. The van der Waals surface area contributed by atoms with Crippen molar-refractivity contribution in [2.45, 2.75) is 17.0 Å². The van der Waals surface area contributed by atoms with Crippen molar-refractivity contribution in [1.82, 2.24) is 9.55 Å². The predicted octanol–water partition coefficient (Wildman–Crippen LogP) is -0.570. The molecule has 7 heteroatoms. The summed E-state index contributed by atoms with van der Waals surface area (Å²) in [5, 5.41) is 18.3. The molecule has 0 spiro atoms. The number of thioether (sulfide) groups is 1. The van der Waals surface area contributed by atoms with Gasteiger partial charge in [0.25, 0.3) is 0 Å². The van der Waals surface area contributed by atoms with Crippen LogP contribution < -0.4 is 11.4 Å². The number of nitrogens with two attached hydrogens (primary N) is 1. The van der Waals surface area contributed by atoms with Crippen molar-refractivity contribution in [1.29, 1.82) is 0 Å². The molecule has 1 aliphatic rings. The van der Waals surface area contributed by atoms with E-state index >= 15 is 0 Å². The van der Waals surface area contributed by atoms with Gasteiger partial charge >= 0.3 is 5.69 Å². The molecule has 6 nitrogen and oxygen atoms in total. The van der Waals surface area contributed by atoms with Gasteiger partial charge in [0.2, 0.25) is 0 Å². The van der Waals surface area contributed by atoms with Crippen LogP contribution in [0.3, 0.4) is 0 Å². The van der Waals surface area contributed by atoms with Gasteiger partial charge in [0.1, 0.15) is 5.82 Å². The average Bonchev–Trinajstić information content (AvgIpc) is 2.72. The lowest BCUT2D eigenvalue weighted by atomic mass is 10.0. The number of nitrogens with zero attached hydrogens (tertiary/aromatic N) is 2. The van der Waals surface area contributed by atoms with E-state index in [9.17, 15) is 15.0 Å². The van der Waals surface area contributed by atoms with Gasteiger partial charge in [-0.1, -0.05) is 0 Å². The van der Waals surface area contributed by atoms with E-state index in [1.807, 2.05) is 0 Å². The summed E-state index contributed by atoms with van der Waals surface area (Å²) in [6, 6.07) is 1.57. The van der Waals surface area contributed by atoms with Crippen LogP contribution in [0.4, 0.5) is 5.82 Å². The Morgan fingerprint density at radius 3 is 2.82 bits per heavy atom. The molecule has 2 rings (SSSR count). The van der Waals surface area contributed by atoms with Crippen molar-refractivity contribution in [2.24, 2.45) is 5.92 Å². The molecule has 94 valence electrons. The van der Waals surface area contributed by atoms with Crippen LogP contribution in [0.25, 0.3) is 0 Å². The van der Waals surface area contributed by atoms with Crippen LogP contribution in [-0.4, -0.2) is 38.2 Å². The zero-order valence-electron chi connectivity index (χ0n) is 9.19. The molecule has 0 radical (unpaired) electrons. The van der Waals surface area contributed by atoms with Gasteiger partial charge in [0.15, 0.2) is 0 Å². The molecule has 4 N–H and O–H groups in total. The van der Waals surface area contributed by atoms with Crippen molar-refractivity contribution in [3.05, 3.63) is 22.7 Å². The first-order valence-electron chi connectivity index (χ1n) is 5.37. The molecule has 1 aromatic heterocycles. The maximum Gasteiger partial charge on any atom is 0.350 e. The maximum absolute atomic E-state index is 11.7. The topological polar surface area (TPSA) is 101 Å². The van der Waals surface area contributed by atoms with Crippen LogP contribution in [0.5, 0.6) is 0 Å². The Hall–Kier alpha value is -1.05. The predicted molar refractivity (Wildman–Crippen MR) is 65.6 cm³/mol. The largest absolute Gasteiger partial charge is 0.396 e.